The Morgan fingerprint density at radius 1 is 1.11 bits per heavy atom. The molecule has 0 amide bonds. The summed E-state index contributed by atoms with van der Waals surface area (Å²) in [5.41, 5.74) is 1.10. The summed E-state index contributed by atoms with van der Waals surface area (Å²) in [5, 5.41) is 2.59. The highest BCUT2D eigenvalue weighted by Crippen LogP contribution is 2.33. The zero-order valence-corrected chi connectivity index (χ0v) is 11.0. The average molecular weight is 241 g/mol. The van der Waals surface area contributed by atoms with Crippen LogP contribution in [0, 0.1) is 0 Å². The van der Waals surface area contributed by atoms with E-state index in [0.717, 1.165) is 19.7 Å². The van der Waals surface area contributed by atoms with Gasteiger partial charge in [0.2, 0.25) is 0 Å². The normalized spacial score (nSPS) is 25.4. The van der Waals surface area contributed by atoms with Gasteiger partial charge in [0.25, 0.3) is 0 Å². The van der Waals surface area contributed by atoms with Gasteiger partial charge in [-0.1, -0.05) is 42.5 Å². The lowest BCUT2D eigenvalue weighted by molar-refractivity contribution is -0.0954. The van der Waals surface area contributed by atoms with Gasteiger partial charge in [-0.3, -0.25) is 0 Å². The summed E-state index contributed by atoms with van der Waals surface area (Å²) >= 11 is 0. The second kappa shape index (κ2) is 4.38. The summed E-state index contributed by atoms with van der Waals surface area (Å²) in [6, 6.07) is 15.0. The highest BCUT2D eigenvalue weighted by Gasteiger charge is 2.33. The van der Waals surface area contributed by atoms with Gasteiger partial charge in [-0.25, -0.2) is 0 Å². The molecule has 94 valence electrons. The zero-order valence-electron chi connectivity index (χ0n) is 11.0. The lowest BCUT2D eigenvalue weighted by Crippen LogP contribution is -2.46. The Morgan fingerprint density at radius 3 is 2.72 bits per heavy atom. The molecule has 0 N–H and O–H groups in total. The third-order valence-electron chi connectivity index (χ3n) is 3.82. The van der Waals surface area contributed by atoms with Gasteiger partial charge in [0.15, 0.2) is 0 Å². The molecule has 0 aromatic heterocycles. The van der Waals surface area contributed by atoms with Crippen molar-refractivity contribution in [2.75, 3.05) is 26.7 Å². The van der Waals surface area contributed by atoms with Gasteiger partial charge < -0.3 is 9.64 Å². The van der Waals surface area contributed by atoms with Crippen molar-refractivity contribution in [1.82, 2.24) is 4.90 Å². The van der Waals surface area contributed by atoms with Crippen molar-refractivity contribution in [2.45, 2.75) is 12.5 Å². The Balaban J connectivity index is 2.13. The third kappa shape index (κ3) is 1.92. The highest BCUT2D eigenvalue weighted by molar-refractivity contribution is 5.86. The fourth-order valence-corrected chi connectivity index (χ4v) is 2.92. The molecule has 18 heavy (non-hydrogen) atoms. The van der Waals surface area contributed by atoms with Crippen LogP contribution in [0.2, 0.25) is 0 Å². The van der Waals surface area contributed by atoms with Crippen LogP contribution in [-0.4, -0.2) is 31.6 Å². The van der Waals surface area contributed by atoms with E-state index in [9.17, 15) is 0 Å². The first-order chi connectivity index (χ1) is 8.69. The van der Waals surface area contributed by atoms with Crippen LogP contribution in [0.25, 0.3) is 10.8 Å². The molecule has 2 aromatic rings. The molecule has 1 heterocycles. The first kappa shape index (κ1) is 11.7. The Labute approximate surface area is 108 Å². The highest BCUT2D eigenvalue weighted by atomic mass is 16.5. The number of fused-ring (bicyclic) bond motifs is 1. The van der Waals surface area contributed by atoms with E-state index in [4.69, 9.17) is 4.74 Å². The SMILES string of the molecule is CN1CCOC(C)(c2cccc3ccccc23)C1. The number of benzene rings is 2. The lowest BCUT2D eigenvalue weighted by Gasteiger charge is -2.39. The quantitative estimate of drug-likeness (QED) is 0.761. The number of hydrogen-bond acceptors (Lipinski definition) is 2. The molecule has 1 aliphatic heterocycles. The van der Waals surface area contributed by atoms with Crippen LogP contribution < -0.4 is 0 Å². The van der Waals surface area contributed by atoms with E-state index in [2.05, 4.69) is 61.3 Å². The summed E-state index contributed by atoms with van der Waals surface area (Å²) in [7, 11) is 2.16. The minimum Gasteiger partial charge on any atom is -0.368 e. The van der Waals surface area contributed by atoms with Gasteiger partial charge in [-0.15, -0.1) is 0 Å². The van der Waals surface area contributed by atoms with Crippen LogP contribution >= 0.6 is 0 Å². The molecule has 3 rings (SSSR count). The molecule has 1 atom stereocenters. The fourth-order valence-electron chi connectivity index (χ4n) is 2.92. The molecule has 0 spiro atoms. The van der Waals surface area contributed by atoms with Gasteiger partial charge in [-0.2, -0.15) is 0 Å². The van der Waals surface area contributed by atoms with Crippen LogP contribution in [-0.2, 0) is 10.3 Å². The van der Waals surface area contributed by atoms with Gasteiger partial charge >= 0.3 is 0 Å². The molecule has 1 fully saturated rings. The van der Waals surface area contributed by atoms with Crippen molar-refractivity contribution in [3.8, 4) is 0 Å². The van der Waals surface area contributed by atoms with Crippen LogP contribution in [0.4, 0.5) is 0 Å². The monoisotopic (exact) mass is 241 g/mol. The smallest absolute Gasteiger partial charge is 0.104 e. The van der Waals surface area contributed by atoms with Gasteiger partial charge in [0, 0.05) is 13.1 Å². The minimum atomic E-state index is -0.201. The van der Waals surface area contributed by atoms with Crippen LogP contribution in [0.3, 0.4) is 0 Å². The maximum atomic E-state index is 6.09. The zero-order chi connectivity index (χ0) is 12.6. The number of hydrogen-bond donors (Lipinski definition) is 0. The summed E-state index contributed by atoms with van der Waals surface area (Å²) in [5.74, 6) is 0. The van der Waals surface area contributed by atoms with E-state index in [0.29, 0.717) is 0 Å². The van der Waals surface area contributed by atoms with E-state index < -0.39 is 0 Å². The van der Waals surface area contributed by atoms with Crippen LogP contribution in [0.15, 0.2) is 42.5 Å². The molecular formula is C16H19NO. The molecule has 2 nitrogen and oxygen atoms in total. The van der Waals surface area contributed by atoms with Crippen molar-refractivity contribution in [3.63, 3.8) is 0 Å². The van der Waals surface area contributed by atoms with E-state index >= 15 is 0 Å². The van der Waals surface area contributed by atoms with E-state index in [-0.39, 0.29) is 5.60 Å². The molecule has 0 saturated carbocycles. The van der Waals surface area contributed by atoms with Crippen LogP contribution in [0.1, 0.15) is 12.5 Å². The van der Waals surface area contributed by atoms with Gasteiger partial charge in [0.05, 0.1) is 6.61 Å². The molecule has 0 radical (unpaired) electrons. The Morgan fingerprint density at radius 2 is 1.89 bits per heavy atom. The summed E-state index contributed by atoms with van der Waals surface area (Å²) in [4.78, 5) is 2.34. The van der Waals surface area contributed by atoms with E-state index in [1.165, 1.54) is 16.3 Å². The fraction of sp³-hybridized carbons (Fsp3) is 0.375. The Kier molecular flexibility index (Phi) is 2.84. The second-order valence-electron chi connectivity index (χ2n) is 5.34. The van der Waals surface area contributed by atoms with Gasteiger partial charge in [-0.05, 0) is 30.3 Å². The maximum Gasteiger partial charge on any atom is 0.104 e. The summed E-state index contributed by atoms with van der Waals surface area (Å²) in [6.45, 7) is 4.96. The average Bonchev–Trinajstić information content (AvgIpc) is 2.38. The molecule has 2 aromatic carbocycles. The van der Waals surface area contributed by atoms with Crippen molar-refractivity contribution >= 4 is 10.8 Å². The Bertz CT molecular complexity index is 561. The number of likely N-dealkylation sites (N-methyl/N-ethyl adjacent to an activating group) is 1. The number of ether oxygens (including phenoxy) is 1. The van der Waals surface area contributed by atoms with Crippen molar-refractivity contribution in [1.29, 1.82) is 0 Å². The summed E-state index contributed by atoms with van der Waals surface area (Å²) in [6.07, 6.45) is 0. The second-order valence-corrected chi connectivity index (χ2v) is 5.34. The third-order valence-corrected chi connectivity index (χ3v) is 3.82. The predicted molar refractivity (Wildman–Crippen MR) is 74.7 cm³/mol. The number of rotatable bonds is 1. The molecule has 1 saturated heterocycles. The lowest BCUT2D eigenvalue weighted by atomic mass is 9.89. The first-order valence-electron chi connectivity index (χ1n) is 6.50. The molecule has 0 bridgehead atoms. The molecule has 1 aliphatic rings. The van der Waals surface area contributed by atoms with Crippen molar-refractivity contribution in [2.24, 2.45) is 0 Å². The first-order valence-corrected chi connectivity index (χ1v) is 6.50. The molecule has 1 unspecified atom stereocenters. The predicted octanol–water partition coefficient (Wildman–Crippen LogP) is 3.02. The molecule has 0 aliphatic carbocycles. The molecular weight excluding hydrogens is 222 g/mol. The van der Waals surface area contributed by atoms with Crippen molar-refractivity contribution < 1.29 is 4.74 Å². The van der Waals surface area contributed by atoms with Crippen molar-refractivity contribution in [3.05, 3.63) is 48.0 Å². The standard InChI is InChI=1S/C16H19NO/c1-16(12-17(2)10-11-18-16)15-9-5-7-13-6-3-4-8-14(13)15/h3-9H,10-12H2,1-2H3. The largest absolute Gasteiger partial charge is 0.368 e. The van der Waals surface area contributed by atoms with Gasteiger partial charge in [0.1, 0.15) is 5.60 Å². The van der Waals surface area contributed by atoms with Crippen LogP contribution in [0.5, 0.6) is 0 Å². The summed E-state index contributed by atoms with van der Waals surface area (Å²) < 4.78 is 6.09. The number of morpholine rings is 1. The molecule has 2 heteroatoms. The number of nitrogens with zero attached hydrogens (tertiary/aromatic N) is 1. The van der Waals surface area contributed by atoms with E-state index in [1.54, 1.807) is 0 Å². The van der Waals surface area contributed by atoms with E-state index in [1.807, 2.05) is 0 Å². The minimum absolute atomic E-state index is 0.201. The maximum absolute atomic E-state index is 6.09. The topological polar surface area (TPSA) is 12.5 Å². The Hall–Kier alpha value is -1.38.